The van der Waals surface area contributed by atoms with Crippen LogP contribution in [0.4, 0.5) is 20.6 Å². The monoisotopic (exact) mass is 1010 g/mol. The Kier molecular flexibility index (Phi) is 30.5. The molecule has 18 heteroatoms. The maximum Gasteiger partial charge on any atom is 0.315 e. The molecule has 2 heterocycles. The van der Waals surface area contributed by atoms with Crippen LogP contribution in [0.25, 0.3) is 0 Å². The average Bonchev–Trinajstić information content (AvgIpc) is 3.92. The molecule has 2 fully saturated rings. The summed E-state index contributed by atoms with van der Waals surface area (Å²) in [4.78, 5) is 73.3. The fourth-order valence-electron chi connectivity index (χ4n) is 8.11. The zero-order valence-electron chi connectivity index (χ0n) is 41.7. The van der Waals surface area contributed by atoms with Gasteiger partial charge in [0.2, 0.25) is 0 Å². The molecule has 0 aromatic heterocycles. The van der Waals surface area contributed by atoms with Crippen molar-refractivity contribution in [2.24, 2.45) is 0 Å². The molecule has 2 aromatic rings. The number of anilines is 2. The number of hydrogen-bond donors (Lipinski definition) is 4. The predicted molar refractivity (Wildman–Crippen MR) is 273 cm³/mol. The van der Waals surface area contributed by atoms with Gasteiger partial charge in [-0.25, -0.2) is 9.18 Å². The highest BCUT2D eigenvalue weighted by Crippen LogP contribution is 2.33. The summed E-state index contributed by atoms with van der Waals surface area (Å²) in [6.45, 7) is 6.05. The molecular weight excluding hydrogens is 936 g/mol. The number of urea groups is 1. The van der Waals surface area contributed by atoms with E-state index in [-0.39, 0.29) is 41.2 Å². The summed E-state index contributed by atoms with van der Waals surface area (Å²) in [5, 5.41) is 9.07. The Morgan fingerprint density at radius 2 is 0.986 bits per heavy atom. The molecule has 0 bridgehead atoms. The number of ketones is 4. The molecule has 0 aliphatic carbocycles. The second-order valence-electron chi connectivity index (χ2n) is 18.0. The van der Waals surface area contributed by atoms with E-state index < -0.39 is 11.7 Å². The van der Waals surface area contributed by atoms with Gasteiger partial charge in [-0.1, -0.05) is 18.6 Å². The highest BCUT2D eigenvalue weighted by atomic mass is 32.2. The number of carbonyl (C=O) groups excluding carboxylic acids is 6. The highest BCUT2D eigenvalue weighted by molar-refractivity contribution is 8.00. The molecule has 4 rings (SSSR count). The lowest BCUT2D eigenvalue weighted by molar-refractivity contribution is -0.121. The molecule has 71 heavy (non-hydrogen) atoms. The van der Waals surface area contributed by atoms with E-state index in [9.17, 15) is 33.2 Å². The summed E-state index contributed by atoms with van der Waals surface area (Å²) >= 11 is 1.91. The second-order valence-corrected chi connectivity index (χ2v) is 19.3. The Bertz CT molecular complexity index is 1890. The number of nitrogens with two attached hydrogens (primary N) is 1. The first-order valence-corrected chi connectivity index (χ1v) is 26.8. The number of rotatable bonds is 44. The van der Waals surface area contributed by atoms with Gasteiger partial charge in [0.15, 0.2) is 5.78 Å². The molecule has 3 amide bonds. The number of unbranched alkanes of at least 4 members (excludes halogenated alkanes) is 5. The number of nitrogens with one attached hydrogen (secondary N) is 3. The molecular formula is C53H79FN4O12S. The third-order valence-corrected chi connectivity index (χ3v) is 13.7. The topological polar surface area (TPSA) is 220 Å². The van der Waals surface area contributed by atoms with Gasteiger partial charge in [-0.05, 0) is 101 Å². The zero-order valence-corrected chi connectivity index (χ0v) is 42.5. The molecule has 0 radical (unpaired) electrons. The van der Waals surface area contributed by atoms with Crippen molar-refractivity contribution in [2.45, 2.75) is 139 Å². The first kappa shape index (κ1) is 59.3. The molecule has 0 spiro atoms. The number of fused-ring (bicyclic) bond motifs is 1. The lowest BCUT2D eigenvalue weighted by Crippen LogP contribution is -2.36. The lowest BCUT2D eigenvalue weighted by atomic mass is 10.0. The maximum atomic E-state index is 13.3. The number of thioether (sulfide) groups is 1. The third kappa shape index (κ3) is 26.3. The minimum atomic E-state index is -0.491. The lowest BCUT2D eigenvalue weighted by Gasteiger charge is -2.16. The smallest absolute Gasteiger partial charge is 0.315 e. The van der Waals surface area contributed by atoms with Crippen molar-refractivity contribution in [1.82, 2.24) is 10.6 Å². The summed E-state index contributed by atoms with van der Waals surface area (Å²) in [6, 6.07) is 10.5. The number of hydrogen-bond acceptors (Lipinski definition) is 14. The van der Waals surface area contributed by atoms with Gasteiger partial charge in [0.25, 0.3) is 5.91 Å². The Labute approximate surface area is 423 Å². The van der Waals surface area contributed by atoms with Crippen LogP contribution in [0, 0.1) is 5.82 Å². The van der Waals surface area contributed by atoms with Crippen molar-refractivity contribution >= 4 is 58.2 Å². The van der Waals surface area contributed by atoms with Crippen LogP contribution in [-0.4, -0.2) is 137 Å². The number of Topliss-reactive ketones (excluding diaryl/α,β-unsaturated/α-hetero) is 4. The molecule has 2 aliphatic heterocycles. The number of amides is 3. The van der Waals surface area contributed by atoms with Gasteiger partial charge in [-0.2, -0.15) is 11.8 Å². The van der Waals surface area contributed by atoms with Crippen molar-refractivity contribution in [2.75, 3.05) is 96.1 Å². The number of nitrogen functional groups attached to an aromatic ring is 1. The summed E-state index contributed by atoms with van der Waals surface area (Å²) in [7, 11) is 0. The van der Waals surface area contributed by atoms with Crippen molar-refractivity contribution in [3.8, 4) is 0 Å². The van der Waals surface area contributed by atoms with Crippen LogP contribution >= 0.6 is 11.8 Å². The van der Waals surface area contributed by atoms with Crippen molar-refractivity contribution < 1.29 is 61.6 Å². The first-order chi connectivity index (χ1) is 34.6. The minimum absolute atomic E-state index is 0.0194. The predicted octanol–water partition coefficient (Wildman–Crippen LogP) is 8.23. The van der Waals surface area contributed by atoms with Gasteiger partial charge < -0.3 is 50.1 Å². The van der Waals surface area contributed by atoms with Crippen LogP contribution in [0.3, 0.4) is 0 Å². The Hall–Kier alpha value is -4.30. The second kappa shape index (κ2) is 36.6. The summed E-state index contributed by atoms with van der Waals surface area (Å²) in [6.07, 6.45) is 13.2. The molecule has 3 atom stereocenters. The van der Waals surface area contributed by atoms with Crippen molar-refractivity contribution in [1.29, 1.82) is 0 Å². The zero-order chi connectivity index (χ0) is 50.7. The molecule has 0 saturated carbocycles. The fourth-order valence-corrected chi connectivity index (χ4v) is 9.66. The van der Waals surface area contributed by atoms with Crippen LogP contribution in [0.2, 0.25) is 0 Å². The molecule has 3 unspecified atom stereocenters. The van der Waals surface area contributed by atoms with E-state index >= 15 is 0 Å². The van der Waals surface area contributed by atoms with Gasteiger partial charge in [-0.3, -0.25) is 24.0 Å². The van der Waals surface area contributed by atoms with Crippen molar-refractivity contribution in [3.63, 3.8) is 0 Å². The van der Waals surface area contributed by atoms with Crippen molar-refractivity contribution in [3.05, 3.63) is 59.4 Å². The Balaban J connectivity index is 0.798. The number of benzene rings is 2. The minimum Gasteiger partial charge on any atom is -0.397 e. The van der Waals surface area contributed by atoms with Crippen LogP contribution in [0.1, 0.15) is 143 Å². The van der Waals surface area contributed by atoms with Crippen LogP contribution in [-0.2, 0) is 42.8 Å². The third-order valence-electron chi connectivity index (χ3n) is 12.2. The molecule has 2 aliphatic rings. The molecule has 396 valence electrons. The van der Waals surface area contributed by atoms with Gasteiger partial charge in [0.05, 0.1) is 76.3 Å². The van der Waals surface area contributed by atoms with Gasteiger partial charge >= 0.3 is 6.03 Å². The van der Waals surface area contributed by atoms with Gasteiger partial charge in [0.1, 0.15) is 23.2 Å². The standard InChI is InChI=1S/C53H79FN4O12S/c54-42-24-25-47(46(55)38-42)56-52(63)41-22-20-40(21-23-41)49(62)18-6-10-29-68-33-37-70-36-32-67-28-9-5-15-45(61)17-11-16-44(60)14-4-8-27-66-31-35-69-34-30-65-26-7-3-13-43(59)12-1-2-19-50-51-48(39-71-50)57-53(64)58-51/h20-25,38,48,50-51H,1-19,26-37,39,55H2,(H,56,63)(H2,57,58,64). The average molecular weight is 1020 g/mol. The summed E-state index contributed by atoms with van der Waals surface area (Å²) in [5.74, 6) is 0.726. The first-order valence-electron chi connectivity index (χ1n) is 25.8. The molecule has 2 saturated heterocycles. The number of halogens is 1. The maximum absolute atomic E-state index is 13.3. The molecule has 5 N–H and O–H groups in total. The largest absolute Gasteiger partial charge is 0.397 e. The quantitative estimate of drug-likeness (QED) is 0.0213. The molecule has 16 nitrogen and oxygen atoms in total. The van der Waals surface area contributed by atoms with E-state index in [2.05, 4.69) is 16.0 Å². The summed E-state index contributed by atoms with van der Waals surface area (Å²) < 4.78 is 46.8. The van der Waals surface area contributed by atoms with E-state index in [4.69, 9.17) is 34.2 Å². The van der Waals surface area contributed by atoms with Crippen LogP contribution in [0.5, 0.6) is 0 Å². The van der Waals surface area contributed by atoms with Gasteiger partial charge in [-0.15, -0.1) is 0 Å². The van der Waals surface area contributed by atoms with E-state index in [0.29, 0.717) is 165 Å². The molecule has 2 aromatic carbocycles. The number of ether oxygens (including phenoxy) is 6. The summed E-state index contributed by atoms with van der Waals surface area (Å²) in [5.41, 5.74) is 7.06. The van der Waals surface area contributed by atoms with Gasteiger partial charge in [0, 0.05) is 93.5 Å². The van der Waals surface area contributed by atoms with Crippen LogP contribution in [0.15, 0.2) is 42.5 Å². The van der Waals surface area contributed by atoms with E-state index in [1.165, 1.54) is 12.1 Å². The normalized spacial score (nSPS) is 16.1. The number of carbonyl (C=O) groups is 6. The van der Waals surface area contributed by atoms with E-state index in [1.807, 2.05) is 11.8 Å². The fraction of sp³-hybridized carbons (Fsp3) is 0.660. The Morgan fingerprint density at radius 1 is 0.549 bits per heavy atom. The highest BCUT2D eigenvalue weighted by Gasteiger charge is 2.42. The Morgan fingerprint density at radius 3 is 1.48 bits per heavy atom. The van der Waals surface area contributed by atoms with E-state index in [0.717, 1.165) is 76.0 Å². The van der Waals surface area contributed by atoms with Crippen LogP contribution < -0.4 is 21.7 Å². The SMILES string of the molecule is Nc1cc(F)ccc1NC(=O)c1ccc(C(=O)CCCCOCCOCCOCCCCC(=O)CCCC(=O)CCCCOCCOCCOCCCCC(=O)CCCCC2SCC3NC(=O)NC32)cc1. The van der Waals surface area contributed by atoms with E-state index in [1.54, 1.807) is 24.3 Å².